The van der Waals surface area contributed by atoms with Gasteiger partial charge in [0.15, 0.2) is 0 Å². The highest BCUT2D eigenvalue weighted by Gasteiger charge is 2.26. The predicted molar refractivity (Wildman–Crippen MR) is 84.5 cm³/mol. The number of ether oxygens (including phenoxy) is 2. The Morgan fingerprint density at radius 2 is 1.90 bits per heavy atom. The van der Waals surface area contributed by atoms with Crippen LogP contribution in [0.5, 0.6) is 0 Å². The van der Waals surface area contributed by atoms with Crippen molar-refractivity contribution < 1.29 is 14.3 Å². The van der Waals surface area contributed by atoms with E-state index in [0.717, 1.165) is 32.4 Å². The molecular formula is C16H32N2O3. The third-order valence-electron chi connectivity index (χ3n) is 3.95. The monoisotopic (exact) mass is 300 g/mol. The van der Waals surface area contributed by atoms with Crippen LogP contribution in [-0.2, 0) is 9.47 Å². The Balaban J connectivity index is 2.45. The Morgan fingerprint density at radius 3 is 2.48 bits per heavy atom. The summed E-state index contributed by atoms with van der Waals surface area (Å²) in [5.41, 5.74) is -0.427. The molecule has 5 heteroatoms. The second-order valence-corrected chi connectivity index (χ2v) is 6.99. The third-order valence-corrected chi connectivity index (χ3v) is 3.95. The normalized spacial score (nSPS) is 23.3. The summed E-state index contributed by atoms with van der Waals surface area (Å²) >= 11 is 0. The zero-order valence-corrected chi connectivity index (χ0v) is 14.4. The fraction of sp³-hybridized carbons (Fsp3) is 0.938. The number of amides is 1. The van der Waals surface area contributed by atoms with Crippen LogP contribution in [0.1, 0.15) is 53.9 Å². The molecule has 1 heterocycles. The summed E-state index contributed by atoms with van der Waals surface area (Å²) in [5.74, 6) is 0. The summed E-state index contributed by atoms with van der Waals surface area (Å²) in [4.78, 5) is 13.9. The van der Waals surface area contributed by atoms with E-state index >= 15 is 0 Å². The highest BCUT2D eigenvalue weighted by Crippen LogP contribution is 2.16. The van der Waals surface area contributed by atoms with Crippen LogP contribution in [0.15, 0.2) is 0 Å². The molecule has 0 spiro atoms. The SMILES string of the molecule is COC(C)C(C)NC1CCCN(C(=O)OC(C)(C)C)CC1. The smallest absolute Gasteiger partial charge is 0.410 e. The number of rotatable bonds is 4. The lowest BCUT2D eigenvalue weighted by atomic mass is 10.1. The van der Waals surface area contributed by atoms with E-state index in [1.54, 1.807) is 7.11 Å². The van der Waals surface area contributed by atoms with Crippen LogP contribution < -0.4 is 5.32 Å². The predicted octanol–water partition coefficient (Wildman–Crippen LogP) is 2.79. The Hall–Kier alpha value is -0.810. The van der Waals surface area contributed by atoms with Crippen LogP contribution in [0.3, 0.4) is 0 Å². The molecule has 1 aliphatic heterocycles. The standard InChI is InChI=1S/C16H32N2O3/c1-12(13(2)20-6)17-14-8-7-10-18(11-9-14)15(19)21-16(3,4)5/h12-14,17H,7-11H2,1-6H3. The number of likely N-dealkylation sites (tertiary alicyclic amines) is 1. The topological polar surface area (TPSA) is 50.8 Å². The first kappa shape index (κ1) is 18.2. The van der Waals surface area contributed by atoms with E-state index < -0.39 is 5.60 Å². The number of hydrogen-bond donors (Lipinski definition) is 1. The van der Waals surface area contributed by atoms with Gasteiger partial charge in [-0.25, -0.2) is 4.79 Å². The molecule has 1 aliphatic rings. The van der Waals surface area contributed by atoms with Crippen LogP contribution in [-0.4, -0.2) is 55.0 Å². The van der Waals surface area contributed by atoms with E-state index in [2.05, 4.69) is 19.2 Å². The number of nitrogens with one attached hydrogen (secondary N) is 1. The first-order valence-electron chi connectivity index (χ1n) is 7.99. The van der Waals surface area contributed by atoms with Crippen molar-refractivity contribution in [1.82, 2.24) is 10.2 Å². The number of methoxy groups -OCH3 is 1. The summed E-state index contributed by atoms with van der Waals surface area (Å²) in [6.45, 7) is 11.5. The van der Waals surface area contributed by atoms with Gasteiger partial charge in [0.25, 0.3) is 0 Å². The van der Waals surface area contributed by atoms with Crippen LogP contribution in [0.2, 0.25) is 0 Å². The molecule has 0 aromatic heterocycles. The van der Waals surface area contributed by atoms with E-state index in [-0.39, 0.29) is 12.2 Å². The molecule has 1 fully saturated rings. The van der Waals surface area contributed by atoms with Gasteiger partial charge in [0.2, 0.25) is 0 Å². The van der Waals surface area contributed by atoms with Gasteiger partial charge in [-0.3, -0.25) is 0 Å². The molecule has 3 unspecified atom stereocenters. The first-order chi connectivity index (χ1) is 9.73. The van der Waals surface area contributed by atoms with Gasteiger partial charge in [-0.05, 0) is 53.9 Å². The maximum atomic E-state index is 12.1. The zero-order chi connectivity index (χ0) is 16.0. The lowest BCUT2D eigenvalue weighted by Crippen LogP contribution is -2.44. The zero-order valence-electron chi connectivity index (χ0n) is 14.4. The number of hydrogen-bond acceptors (Lipinski definition) is 4. The van der Waals surface area contributed by atoms with Crippen molar-refractivity contribution in [2.45, 2.75) is 77.7 Å². The lowest BCUT2D eigenvalue weighted by molar-refractivity contribution is 0.0255. The van der Waals surface area contributed by atoms with E-state index in [0.29, 0.717) is 12.1 Å². The van der Waals surface area contributed by atoms with E-state index in [4.69, 9.17) is 9.47 Å². The summed E-state index contributed by atoms with van der Waals surface area (Å²) in [7, 11) is 1.74. The molecule has 0 aromatic carbocycles. The van der Waals surface area contributed by atoms with Crippen molar-refractivity contribution in [2.24, 2.45) is 0 Å². The van der Waals surface area contributed by atoms with E-state index in [1.807, 2.05) is 25.7 Å². The molecule has 0 aliphatic carbocycles. The molecule has 21 heavy (non-hydrogen) atoms. The molecule has 1 rings (SSSR count). The van der Waals surface area contributed by atoms with Gasteiger partial charge in [-0.15, -0.1) is 0 Å². The van der Waals surface area contributed by atoms with Crippen molar-refractivity contribution in [3.63, 3.8) is 0 Å². The maximum Gasteiger partial charge on any atom is 0.410 e. The second kappa shape index (κ2) is 7.99. The van der Waals surface area contributed by atoms with Gasteiger partial charge < -0.3 is 19.7 Å². The summed E-state index contributed by atoms with van der Waals surface area (Å²) in [5, 5.41) is 3.61. The molecule has 1 saturated heterocycles. The Bertz CT molecular complexity index is 328. The molecule has 0 aromatic rings. The molecule has 124 valence electrons. The van der Waals surface area contributed by atoms with Crippen LogP contribution in [0.25, 0.3) is 0 Å². The maximum absolute atomic E-state index is 12.1. The molecule has 0 bridgehead atoms. The number of nitrogens with zero attached hydrogens (tertiary/aromatic N) is 1. The summed E-state index contributed by atoms with van der Waals surface area (Å²) in [6, 6.07) is 0.748. The molecule has 1 amide bonds. The fourth-order valence-corrected chi connectivity index (χ4v) is 2.48. The lowest BCUT2D eigenvalue weighted by Gasteiger charge is -2.27. The Morgan fingerprint density at radius 1 is 1.24 bits per heavy atom. The van der Waals surface area contributed by atoms with Crippen molar-refractivity contribution >= 4 is 6.09 Å². The molecule has 5 nitrogen and oxygen atoms in total. The highest BCUT2D eigenvalue weighted by atomic mass is 16.6. The minimum atomic E-state index is -0.427. The number of carbonyl (C=O) groups excluding carboxylic acids is 1. The Kier molecular flexibility index (Phi) is 6.94. The average molecular weight is 300 g/mol. The minimum absolute atomic E-state index is 0.190. The van der Waals surface area contributed by atoms with Crippen LogP contribution >= 0.6 is 0 Å². The third kappa shape index (κ3) is 6.66. The molecular weight excluding hydrogens is 268 g/mol. The van der Waals surface area contributed by atoms with Gasteiger partial charge in [0.1, 0.15) is 5.60 Å². The second-order valence-electron chi connectivity index (χ2n) is 6.99. The largest absolute Gasteiger partial charge is 0.444 e. The summed E-state index contributed by atoms with van der Waals surface area (Å²) < 4.78 is 10.8. The minimum Gasteiger partial charge on any atom is -0.444 e. The van der Waals surface area contributed by atoms with Gasteiger partial charge in [-0.2, -0.15) is 0 Å². The van der Waals surface area contributed by atoms with Crippen LogP contribution in [0, 0.1) is 0 Å². The Labute approximate surface area is 129 Å². The van der Waals surface area contributed by atoms with Gasteiger partial charge in [-0.1, -0.05) is 0 Å². The van der Waals surface area contributed by atoms with Gasteiger partial charge in [0, 0.05) is 32.3 Å². The molecule has 0 saturated carbocycles. The quantitative estimate of drug-likeness (QED) is 0.867. The van der Waals surface area contributed by atoms with Crippen molar-refractivity contribution in [3.8, 4) is 0 Å². The molecule has 3 atom stereocenters. The summed E-state index contributed by atoms with van der Waals surface area (Å²) in [6.07, 6.45) is 3.04. The fourth-order valence-electron chi connectivity index (χ4n) is 2.48. The van der Waals surface area contributed by atoms with Crippen molar-refractivity contribution in [1.29, 1.82) is 0 Å². The highest BCUT2D eigenvalue weighted by molar-refractivity contribution is 5.68. The first-order valence-corrected chi connectivity index (χ1v) is 7.99. The number of carbonyl (C=O) groups is 1. The average Bonchev–Trinajstić information content (AvgIpc) is 2.61. The van der Waals surface area contributed by atoms with Gasteiger partial charge >= 0.3 is 6.09 Å². The van der Waals surface area contributed by atoms with E-state index in [9.17, 15) is 4.79 Å². The van der Waals surface area contributed by atoms with E-state index in [1.165, 1.54) is 0 Å². The van der Waals surface area contributed by atoms with Gasteiger partial charge in [0.05, 0.1) is 6.10 Å². The van der Waals surface area contributed by atoms with Crippen molar-refractivity contribution in [2.75, 3.05) is 20.2 Å². The van der Waals surface area contributed by atoms with Crippen molar-refractivity contribution in [3.05, 3.63) is 0 Å². The molecule has 1 N–H and O–H groups in total. The van der Waals surface area contributed by atoms with Crippen LogP contribution in [0.4, 0.5) is 4.79 Å². The molecule has 0 radical (unpaired) electrons.